The molecule has 0 aromatic heterocycles. The largest absolute Gasteiger partial charge is 0.317 e. The second kappa shape index (κ2) is 6.44. The lowest BCUT2D eigenvalue weighted by molar-refractivity contribution is 0.281. The molecule has 1 heteroatoms. The van der Waals surface area contributed by atoms with Crippen molar-refractivity contribution < 1.29 is 0 Å². The van der Waals surface area contributed by atoms with Crippen molar-refractivity contribution in [3.8, 4) is 0 Å². The van der Waals surface area contributed by atoms with Gasteiger partial charge in [0.1, 0.15) is 0 Å². The highest BCUT2D eigenvalue weighted by molar-refractivity contribution is 4.73. The molecule has 0 bridgehead atoms. The van der Waals surface area contributed by atoms with Gasteiger partial charge in [-0.3, -0.25) is 0 Å². The summed E-state index contributed by atoms with van der Waals surface area (Å²) in [6.45, 7) is 4.75. The Labute approximate surface area is 89.7 Å². The Morgan fingerprint density at radius 2 is 1.64 bits per heavy atom. The first-order valence-electron chi connectivity index (χ1n) is 6.41. The monoisotopic (exact) mass is 197 g/mol. The molecule has 1 rings (SSSR count). The highest BCUT2D eigenvalue weighted by atomic mass is 14.8. The van der Waals surface area contributed by atoms with Crippen LogP contribution in [0.1, 0.15) is 58.8 Å². The van der Waals surface area contributed by atoms with Gasteiger partial charge in [0.05, 0.1) is 0 Å². The SMILES string of the molecule is CNC(C)CC(C)C1CCCCCC1. The van der Waals surface area contributed by atoms with Gasteiger partial charge in [-0.1, -0.05) is 45.4 Å². The van der Waals surface area contributed by atoms with Gasteiger partial charge in [0.25, 0.3) is 0 Å². The van der Waals surface area contributed by atoms with E-state index in [4.69, 9.17) is 0 Å². The molecule has 0 saturated heterocycles. The van der Waals surface area contributed by atoms with Gasteiger partial charge >= 0.3 is 0 Å². The van der Waals surface area contributed by atoms with Crippen LogP contribution in [0.3, 0.4) is 0 Å². The van der Waals surface area contributed by atoms with Gasteiger partial charge in [0, 0.05) is 6.04 Å². The predicted octanol–water partition coefficient (Wildman–Crippen LogP) is 3.59. The molecule has 1 fully saturated rings. The second-order valence-electron chi connectivity index (χ2n) is 5.15. The first kappa shape index (κ1) is 12.0. The Bertz CT molecular complexity index is 136. The molecule has 0 aromatic carbocycles. The lowest BCUT2D eigenvalue weighted by Crippen LogP contribution is -2.26. The molecule has 1 aliphatic carbocycles. The van der Waals surface area contributed by atoms with E-state index in [-0.39, 0.29) is 0 Å². The van der Waals surface area contributed by atoms with Crippen LogP contribution in [0.25, 0.3) is 0 Å². The fourth-order valence-corrected chi connectivity index (χ4v) is 2.75. The zero-order valence-electron chi connectivity index (χ0n) is 10.2. The average Bonchev–Trinajstić information content (AvgIpc) is 2.45. The van der Waals surface area contributed by atoms with E-state index in [1.54, 1.807) is 0 Å². The summed E-state index contributed by atoms with van der Waals surface area (Å²) in [7, 11) is 2.07. The fourth-order valence-electron chi connectivity index (χ4n) is 2.75. The number of rotatable bonds is 4. The molecule has 1 nitrogen and oxygen atoms in total. The quantitative estimate of drug-likeness (QED) is 0.679. The Hall–Kier alpha value is -0.0400. The highest BCUT2D eigenvalue weighted by Gasteiger charge is 2.20. The zero-order valence-corrected chi connectivity index (χ0v) is 10.2. The first-order valence-corrected chi connectivity index (χ1v) is 6.41. The van der Waals surface area contributed by atoms with Crippen LogP contribution in [-0.2, 0) is 0 Å². The van der Waals surface area contributed by atoms with Crippen molar-refractivity contribution in [2.45, 2.75) is 64.8 Å². The van der Waals surface area contributed by atoms with Crippen LogP contribution in [-0.4, -0.2) is 13.1 Å². The summed E-state index contributed by atoms with van der Waals surface area (Å²) in [4.78, 5) is 0. The minimum Gasteiger partial charge on any atom is -0.317 e. The van der Waals surface area contributed by atoms with Gasteiger partial charge < -0.3 is 5.32 Å². The van der Waals surface area contributed by atoms with Gasteiger partial charge in [-0.2, -0.15) is 0 Å². The molecular weight excluding hydrogens is 170 g/mol. The van der Waals surface area contributed by atoms with Crippen LogP contribution in [0.15, 0.2) is 0 Å². The van der Waals surface area contributed by atoms with Crippen LogP contribution in [0.4, 0.5) is 0 Å². The van der Waals surface area contributed by atoms with Crippen LogP contribution >= 0.6 is 0 Å². The van der Waals surface area contributed by atoms with E-state index in [1.165, 1.54) is 44.9 Å². The third-order valence-corrected chi connectivity index (χ3v) is 3.92. The Morgan fingerprint density at radius 1 is 1.07 bits per heavy atom. The lowest BCUT2D eigenvalue weighted by atomic mass is 9.84. The number of hydrogen-bond acceptors (Lipinski definition) is 1. The number of nitrogens with one attached hydrogen (secondary N) is 1. The van der Waals surface area contributed by atoms with Crippen LogP contribution < -0.4 is 5.32 Å². The standard InChI is InChI=1S/C13H27N/c1-11(10-12(2)14-3)13-8-6-4-5-7-9-13/h11-14H,4-10H2,1-3H3. The summed E-state index contributed by atoms with van der Waals surface area (Å²) in [5.41, 5.74) is 0. The third kappa shape index (κ3) is 4.00. The third-order valence-electron chi connectivity index (χ3n) is 3.92. The van der Waals surface area contributed by atoms with E-state index in [2.05, 4.69) is 26.2 Å². The molecule has 1 aliphatic rings. The smallest absolute Gasteiger partial charge is 0.00383 e. The van der Waals surface area contributed by atoms with Crippen molar-refractivity contribution in [1.82, 2.24) is 5.32 Å². The van der Waals surface area contributed by atoms with E-state index in [0.29, 0.717) is 6.04 Å². The summed E-state index contributed by atoms with van der Waals surface area (Å²) >= 11 is 0. The Kier molecular flexibility index (Phi) is 5.54. The molecule has 0 radical (unpaired) electrons. The van der Waals surface area contributed by atoms with Gasteiger partial charge in [-0.15, -0.1) is 0 Å². The van der Waals surface area contributed by atoms with Crippen molar-refractivity contribution in [2.75, 3.05) is 7.05 Å². The summed E-state index contributed by atoms with van der Waals surface area (Å²) < 4.78 is 0. The van der Waals surface area contributed by atoms with E-state index < -0.39 is 0 Å². The maximum Gasteiger partial charge on any atom is 0.00383 e. The maximum absolute atomic E-state index is 3.35. The van der Waals surface area contributed by atoms with E-state index >= 15 is 0 Å². The summed E-state index contributed by atoms with van der Waals surface area (Å²) in [5.74, 6) is 1.92. The molecule has 1 saturated carbocycles. The average molecular weight is 197 g/mol. The molecule has 14 heavy (non-hydrogen) atoms. The van der Waals surface area contributed by atoms with E-state index in [0.717, 1.165) is 11.8 Å². The summed E-state index contributed by atoms with van der Waals surface area (Å²) in [6.07, 6.45) is 10.2. The topological polar surface area (TPSA) is 12.0 Å². The van der Waals surface area contributed by atoms with Crippen molar-refractivity contribution in [3.63, 3.8) is 0 Å². The Morgan fingerprint density at radius 3 is 2.14 bits per heavy atom. The second-order valence-corrected chi connectivity index (χ2v) is 5.15. The summed E-state index contributed by atoms with van der Waals surface area (Å²) in [6, 6.07) is 0.688. The van der Waals surface area contributed by atoms with Crippen LogP contribution in [0.2, 0.25) is 0 Å². The fraction of sp³-hybridized carbons (Fsp3) is 1.00. The van der Waals surface area contributed by atoms with E-state index in [1.807, 2.05) is 0 Å². The predicted molar refractivity (Wildman–Crippen MR) is 63.5 cm³/mol. The van der Waals surface area contributed by atoms with Crippen molar-refractivity contribution in [3.05, 3.63) is 0 Å². The highest BCUT2D eigenvalue weighted by Crippen LogP contribution is 2.30. The molecule has 0 spiro atoms. The van der Waals surface area contributed by atoms with Crippen molar-refractivity contribution >= 4 is 0 Å². The van der Waals surface area contributed by atoms with Crippen molar-refractivity contribution in [2.24, 2.45) is 11.8 Å². The summed E-state index contributed by atoms with van der Waals surface area (Å²) in [5, 5.41) is 3.35. The molecule has 0 aromatic rings. The Balaban J connectivity index is 2.30. The van der Waals surface area contributed by atoms with Gasteiger partial charge in [-0.25, -0.2) is 0 Å². The molecule has 84 valence electrons. The maximum atomic E-state index is 3.35. The minimum atomic E-state index is 0.688. The normalized spacial score (nSPS) is 24.2. The lowest BCUT2D eigenvalue weighted by Gasteiger charge is -2.25. The van der Waals surface area contributed by atoms with Crippen molar-refractivity contribution in [1.29, 1.82) is 0 Å². The minimum absolute atomic E-state index is 0.688. The molecule has 0 aliphatic heterocycles. The zero-order chi connectivity index (χ0) is 10.4. The van der Waals surface area contributed by atoms with Gasteiger partial charge in [0.2, 0.25) is 0 Å². The molecule has 0 amide bonds. The van der Waals surface area contributed by atoms with Gasteiger partial charge in [0.15, 0.2) is 0 Å². The van der Waals surface area contributed by atoms with E-state index in [9.17, 15) is 0 Å². The molecule has 0 heterocycles. The molecule has 2 unspecified atom stereocenters. The van der Waals surface area contributed by atoms with Crippen LogP contribution in [0, 0.1) is 11.8 Å². The first-order chi connectivity index (χ1) is 6.74. The molecular formula is C13H27N. The van der Waals surface area contributed by atoms with Crippen LogP contribution in [0.5, 0.6) is 0 Å². The number of hydrogen-bond donors (Lipinski definition) is 1. The molecule has 1 N–H and O–H groups in total. The molecule has 2 atom stereocenters. The van der Waals surface area contributed by atoms with Gasteiger partial charge in [-0.05, 0) is 32.2 Å².